The van der Waals surface area contributed by atoms with E-state index in [9.17, 15) is 24.0 Å². The molecule has 1 aromatic carbocycles. The lowest BCUT2D eigenvalue weighted by Gasteiger charge is -2.25. The zero-order valence-corrected chi connectivity index (χ0v) is 21.5. The Hall–Kier alpha value is -3.12. The lowest BCUT2D eigenvalue weighted by atomic mass is 9.92. The summed E-state index contributed by atoms with van der Waals surface area (Å²) < 4.78 is 0. The molecule has 7 N–H and O–H groups in total. The summed E-state index contributed by atoms with van der Waals surface area (Å²) in [6.45, 7) is 3.43. The number of para-hydroxylation sites is 1. The molecule has 0 saturated heterocycles. The highest BCUT2D eigenvalue weighted by atomic mass is 32.2. The molecule has 36 heavy (non-hydrogen) atoms. The van der Waals surface area contributed by atoms with Crippen LogP contribution in [0.15, 0.2) is 24.3 Å². The molecule has 5 unspecified atom stereocenters. The monoisotopic (exact) mass is 521 g/mol. The molecule has 0 aromatic heterocycles. The largest absolute Gasteiger partial charge is 0.481 e. The van der Waals surface area contributed by atoms with Gasteiger partial charge in [-0.05, 0) is 44.6 Å². The smallest absolute Gasteiger partial charge is 0.303 e. The van der Waals surface area contributed by atoms with Gasteiger partial charge in [-0.15, -0.1) is 0 Å². The van der Waals surface area contributed by atoms with E-state index in [1.807, 2.05) is 24.3 Å². The molecule has 0 spiro atoms. The topological polar surface area (TPSA) is 180 Å². The number of carboxylic acids is 1. The number of thioether (sulfide) groups is 1. The number of hydrogen-bond acceptors (Lipinski definition) is 8. The Kier molecular flexibility index (Phi) is 11.2. The second-order valence-corrected chi connectivity index (χ2v) is 9.77. The molecular formula is C24H35N5O6S. The van der Waals surface area contributed by atoms with E-state index in [1.165, 1.54) is 25.6 Å². The molecule has 198 valence electrons. The zero-order chi connectivity index (χ0) is 26.8. The fourth-order valence-electron chi connectivity index (χ4n) is 3.93. The van der Waals surface area contributed by atoms with Crippen molar-refractivity contribution in [3.63, 3.8) is 0 Å². The van der Waals surface area contributed by atoms with E-state index in [4.69, 9.17) is 10.8 Å². The molecule has 0 radical (unpaired) electrons. The number of ketones is 1. The average Bonchev–Trinajstić information content (AvgIpc) is 3.23. The average molecular weight is 522 g/mol. The van der Waals surface area contributed by atoms with Gasteiger partial charge in [0.05, 0.1) is 12.1 Å². The van der Waals surface area contributed by atoms with Gasteiger partial charge in [-0.25, -0.2) is 0 Å². The number of aliphatic carboxylic acids is 1. The second kappa shape index (κ2) is 13.8. The highest BCUT2D eigenvalue weighted by molar-refractivity contribution is 7.98. The summed E-state index contributed by atoms with van der Waals surface area (Å²) in [5.74, 6) is -2.86. The third-order valence-corrected chi connectivity index (χ3v) is 6.67. The van der Waals surface area contributed by atoms with E-state index < -0.39 is 47.9 Å². The molecule has 1 aromatic rings. The van der Waals surface area contributed by atoms with Gasteiger partial charge in [0.1, 0.15) is 12.1 Å². The van der Waals surface area contributed by atoms with Crippen molar-refractivity contribution >= 4 is 46.9 Å². The Bertz CT molecular complexity index is 974. The molecule has 11 nitrogen and oxygen atoms in total. The summed E-state index contributed by atoms with van der Waals surface area (Å²) in [5.41, 5.74) is 7.79. The van der Waals surface area contributed by atoms with Crippen LogP contribution in [-0.2, 0) is 24.0 Å². The Morgan fingerprint density at radius 1 is 1.08 bits per heavy atom. The number of anilines is 1. The molecule has 3 amide bonds. The van der Waals surface area contributed by atoms with Crippen molar-refractivity contribution in [3.8, 4) is 0 Å². The van der Waals surface area contributed by atoms with E-state index in [1.54, 1.807) is 6.26 Å². The van der Waals surface area contributed by atoms with E-state index in [2.05, 4.69) is 21.3 Å². The van der Waals surface area contributed by atoms with Crippen LogP contribution in [-0.4, -0.2) is 77.3 Å². The Morgan fingerprint density at radius 3 is 2.39 bits per heavy atom. The van der Waals surface area contributed by atoms with Crippen LogP contribution in [0, 0.1) is 0 Å². The molecule has 0 saturated carbocycles. The van der Waals surface area contributed by atoms with Gasteiger partial charge in [0.2, 0.25) is 17.7 Å². The number of benzene rings is 1. The molecular weight excluding hydrogens is 486 g/mol. The van der Waals surface area contributed by atoms with Gasteiger partial charge < -0.3 is 32.1 Å². The third-order valence-electron chi connectivity index (χ3n) is 5.98. The lowest BCUT2D eigenvalue weighted by Crippen LogP contribution is -2.56. The quantitative estimate of drug-likeness (QED) is 0.199. The number of hydrogen-bond donors (Lipinski definition) is 6. The van der Waals surface area contributed by atoms with Gasteiger partial charge in [-0.2, -0.15) is 11.8 Å². The van der Waals surface area contributed by atoms with Crippen molar-refractivity contribution in [1.29, 1.82) is 0 Å². The molecule has 1 aliphatic heterocycles. The molecule has 0 bridgehead atoms. The minimum Gasteiger partial charge on any atom is -0.481 e. The van der Waals surface area contributed by atoms with E-state index in [0.29, 0.717) is 18.7 Å². The number of carbonyl (C=O) groups excluding carboxylic acids is 4. The van der Waals surface area contributed by atoms with Crippen molar-refractivity contribution in [2.24, 2.45) is 5.73 Å². The van der Waals surface area contributed by atoms with Crippen molar-refractivity contribution in [2.75, 3.05) is 23.9 Å². The van der Waals surface area contributed by atoms with Crippen molar-refractivity contribution in [3.05, 3.63) is 29.8 Å². The first-order chi connectivity index (χ1) is 17.0. The van der Waals surface area contributed by atoms with E-state index in [-0.39, 0.29) is 24.5 Å². The Morgan fingerprint density at radius 2 is 1.75 bits per heavy atom. The summed E-state index contributed by atoms with van der Waals surface area (Å²) in [6, 6.07) is 3.91. The predicted octanol–water partition coefficient (Wildman–Crippen LogP) is 0.204. The van der Waals surface area contributed by atoms with Crippen LogP contribution in [0.25, 0.3) is 0 Å². The van der Waals surface area contributed by atoms with E-state index in [0.717, 1.165) is 11.3 Å². The van der Waals surface area contributed by atoms with Crippen LogP contribution in [0.3, 0.4) is 0 Å². The molecule has 12 heteroatoms. The maximum absolute atomic E-state index is 13.1. The van der Waals surface area contributed by atoms with Gasteiger partial charge in [0.15, 0.2) is 5.78 Å². The highest BCUT2D eigenvalue weighted by Crippen LogP contribution is 2.34. The third kappa shape index (κ3) is 8.52. The van der Waals surface area contributed by atoms with Crippen LogP contribution >= 0.6 is 11.8 Å². The van der Waals surface area contributed by atoms with Crippen molar-refractivity contribution in [1.82, 2.24) is 16.0 Å². The van der Waals surface area contributed by atoms with Gasteiger partial charge >= 0.3 is 5.97 Å². The number of Topliss-reactive ketones (excluding diaryl/α,β-unsaturated/α-hetero) is 1. The fourth-order valence-corrected chi connectivity index (χ4v) is 4.44. The van der Waals surface area contributed by atoms with Crippen LogP contribution in [0.4, 0.5) is 5.69 Å². The van der Waals surface area contributed by atoms with Gasteiger partial charge in [0.25, 0.3) is 0 Å². The van der Waals surface area contributed by atoms with Crippen molar-refractivity contribution in [2.45, 2.75) is 63.2 Å². The lowest BCUT2D eigenvalue weighted by molar-refractivity contribution is -0.138. The van der Waals surface area contributed by atoms with Crippen molar-refractivity contribution < 1.29 is 29.1 Å². The summed E-state index contributed by atoms with van der Waals surface area (Å²) in [4.78, 5) is 61.4. The number of rotatable bonds is 14. The normalized spacial score (nSPS) is 17.5. The Labute approximate surface area is 214 Å². The first-order valence-electron chi connectivity index (χ1n) is 11.7. The maximum Gasteiger partial charge on any atom is 0.303 e. The zero-order valence-electron chi connectivity index (χ0n) is 20.7. The molecule has 0 aliphatic carbocycles. The van der Waals surface area contributed by atoms with Crippen LogP contribution in [0.5, 0.6) is 0 Å². The summed E-state index contributed by atoms with van der Waals surface area (Å²) in [5, 5.41) is 20.1. The van der Waals surface area contributed by atoms with Gasteiger partial charge in [0, 0.05) is 30.3 Å². The maximum atomic E-state index is 13.1. The summed E-state index contributed by atoms with van der Waals surface area (Å²) >= 11 is 1.39. The first-order valence-corrected chi connectivity index (χ1v) is 13.1. The number of nitrogens with two attached hydrogens (primary N) is 1. The number of carbonyl (C=O) groups is 5. The fraction of sp³-hybridized carbons (Fsp3) is 0.542. The molecule has 1 aliphatic rings. The second-order valence-electron chi connectivity index (χ2n) is 8.86. The van der Waals surface area contributed by atoms with Crippen LogP contribution in [0.2, 0.25) is 0 Å². The number of amides is 3. The molecule has 5 atom stereocenters. The van der Waals surface area contributed by atoms with Crippen LogP contribution in [0.1, 0.15) is 44.6 Å². The molecule has 2 rings (SSSR count). The minimum absolute atomic E-state index is 0.00295. The highest BCUT2D eigenvalue weighted by Gasteiger charge is 2.31. The summed E-state index contributed by atoms with van der Waals surface area (Å²) in [6.07, 6.45) is 1.59. The van der Waals surface area contributed by atoms with Gasteiger partial charge in [-0.1, -0.05) is 18.2 Å². The first kappa shape index (κ1) is 29.1. The number of carboxylic acid groups (broad SMARTS) is 1. The minimum atomic E-state index is -1.20. The van der Waals surface area contributed by atoms with E-state index >= 15 is 0 Å². The predicted molar refractivity (Wildman–Crippen MR) is 138 cm³/mol. The molecule has 1 heterocycles. The molecule has 0 fully saturated rings. The standard InChI is InChI=1S/C24H35N5O6S/c1-13(27-23(34)17(25)12-36-3)22(33)28-19(8-9-21(31)32)24(35)29-20(14(2)30)10-15-11-26-18-7-5-4-6-16(15)18/h4-7,13,15,17,19-20,26H,8-12,25H2,1-3H3,(H,27,34)(H,28,33)(H,29,35)(H,31,32). The number of fused-ring (bicyclic) bond motifs is 1. The SMILES string of the molecule is CSCC(N)C(=O)NC(C)C(=O)NC(CCC(=O)O)C(=O)NC(CC1CNc2ccccc21)C(C)=O. The number of nitrogens with one attached hydrogen (secondary N) is 4. The summed E-state index contributed by atoms with van der Waals surface area (Å²) in [7, 11) is 0. The van der Waals surface area contributed by atoms with Gasteiger partial charge in [-0.3, -0.25) is 24.0 Å². The Balaban J connectivity index is 2.06. The van der Waals surface area contributed by atoms with Crippen LogP contribution < -0.4 is 27.0 Å².